The van der Waals surface area contributed by atoms with E-state index in [1.165, 1.54) is 12.3 Å². The Labute approximate surface area is 194 Å². The second kappa shape index (κ2) is 10.3. The molecule has 8 heteroatoms. The van der Waals surface area contributed by atoms with Gasteiger partial charge in [0.1, 0.15) is 11.8 Å². The van der Waals surface area contributed by atoms with Gasteiger partial charge in [0.2, 0.25) is 0 Å². The van der Waals surface area contributed by atoms with Gasteiger partial charge >= 0.3 is 12.0 Å². The molecular weight excluding hydrogens is 418 g/mol. The van der Waals surface area contributed by atoms with E-state index in [4.69, 9.17) is 5.26 Å². The number of nitrogens with one attached hydrogen (secondary N) is 2. The molecule has 3 N–H and O–H groups in total. The minimum absolute atomic E-state index is 0.0356. The van der Waals surface area contributed by atoms with E-state index in [0.717, 1.165) is 24.3 Å². The Morgan fingerprint density at radius 2 is 1.85 bits per heavy atom. The number of amides is 2. The van der Waals surface area contributed by atoms with Crippen LogP contribution in [0.4, 0.5) is 21.9 Å². The molecule has 0 saturated heterocycles. The predicted molar refractivity (Wildman–Crippen MR) is 128 cm³/mol. The number of aromatic nitrogens is 1. The summed E-state index contributed by atoms with van der Waals surface area (Å²) < 4.78 is 0. The number of urea groups is 1. The Morgan fingerprint density at radius 3 is 2.36 bits per heavy atom. The first-order valence-corrected chi connectivity index (χ1v) is 11.2. The van der Waals surface area contributed by atoms with Gasteiger partial charge in [0.15, 0.2) is 0 Å². The van der Waals surface area contributed by atoms with Crippen molar-refractivity contribution in [2.24, 2.45) is 17.8 Å². The highest BCUT2D eigenvalue weighted by Crippen LogP contribution is 2.49. The van der Waals surface area contributed by atoms with Crippen molar-refractivity contribution in [3.63, 3.8) is 0 Å². The molecule has 1 fully saturated rings. The van der Waals surface area contributed by atoms with Gasteiger partial charge in [-0.25, -0.2) is 9.78 Å². The maximum Gasteiger partial charge on any atom is 0.323 e. The van der Waals surface area contributed by atoms with E-state index in [0.29, 0.717) is 29.6 Å². The number of carboxylic acid groups (broad SMARTS) is 1. The third kappa shape index (κ3) is 6.45. The monoisotopic (exact) mass is 449 g/mol. The summed E-state index contributed by atoms with van der Waals surface area (Å²) in [6.45, 7) is 10.3. The number of nitriles is 1. The average Bonchev–Trinajstić information content (AvgIpc) is 3.54. The fourth-order valence-corrected chi connectivity index (χ4v) is 3.97. The number of rotatable bonds is 9. The third-order valence-electron chi connectivity index (χ3n) is 5.45. The maximum atomic E-state index is 12.8. The van der Waals surface area contributed by atoms with Crippen LogP contribution in [0.1, 0.15) is 51.3 Å². The molecule has 3 rings (SSSR count). The van der Waals surface area contributed by atoms with Crippen LogP contribution in [0.25, 0.3) is 0 Å². The van der Waals surface area contributed by atoms with E-state index in [1.807, 2.05) is 24.3 Å². The summed E-state index contributed by atoms with van der Waals surface area (Å²) in [6, 6.07) is 10.5. The Morgan fingerprint density at radius 1 is 1.15 bits per heavy atom. The van der Waals surface area contributed by atoms with Crippen LogP contribution in [0.3, 0.4) is 0 Å². The normalized spacial score (nSPS) is 16.9. The van der Waals surface area contributed by atoms with Crippen LogP contribution in [0.15, 0.2) is 36.5 Å². The quantitative estimate of drug-likeness (QED) is 0.501. The fraction of sp³-hybridized carbons (Fsp3) is 0.440. The molecule has 0 radical (unpaired) electrons. The zero-order chi connectivity index (χ0) is 24.1. The lowest BCUT2D eigenvalue weighted by atomic mass is 10.0. The van der Waals surface area contributed by atoms with E-state index >= 15 is 0 Å². The highest BCUT2D eigenvalue weighted by atomic mass is 16.4. The van der Waals surface area contributed by atoms with Gasteiger partial charge in [0, 0.05) is 13.1 Å². The van der Waals surface area contributed by atoms with Crippen molar-refractivity contribution in [1.82, 2.24) is 4.98 Å². The lowest BCUT2D eigenvalue weighted by Gasteiger charge is -2.30. The molecule has 1 saturated carbocycles. The van der Waals surface area contributed by atoms with Crippen molar-refractivity contribution in [2.75, 3.05) is 28.6 Å². The summed E-state index contributed by atoms with van der Waals surface area (Å²) in [5.74, 6) is -0.341. The van der Waals surface area contributed by atoms with Crippen molar-refractivity contribution in [2.45, 2.75) is 40.0 Å². The molecule has 1 aliphatic rings. The van der Waals surface area contributed by atoms with Gasteiger partial charge in [-0.05, 0) is 54.0 Å². The number of carboxylic acids is 1. The van der Waals surface area contributed by atoms with Gasteiger partial charge in [-0.15, -0.1) is 0 Å². The van der Waals surface area contributed by atoms with Crippen LogP contribution in [0.5, 0.6) is 0 Å². The third-order valence-corrected chi connectivity index (χ3v) is 5.45. The van der Waals surface area contributed by atoms with E-state index < -0.39 is 12.0 Å². The second-order valence-electron chi connectivity index (χ2n) is 9.38. The van der Waals surface area contributed by atoms with Crippen molar-refractivity contribution in [1.29, 1.82) is 5.26 Å². The summed E-state index contributed by atoms with van der Waals surface area (Å²) in [5.41, 5.74) is 3.20. The van der Waals surface area contributed by atoms with E-state index in [-0.39, 0.29) is 17.5 Å². The maximum absolute atomic E-state index is 12.8. The van der Waals surface area contributed by atoms with Gasteiger partial charge < -0.3 is 20.6 Å². The molecule has 174 valence electrons. The summed E-state index contributed by atoms with van der Waals surface area (Å²) in [7, 11) is 0. The Bertz CT molecular complexity index is 1030. The Balaban J connectivity index is 1.88. The number of hydrogen-bond donors (Lipinski definition) is 3. The van der Waals surface area contributed by atoms with Gasteiger partial charge in [0.05, 0.1) is 29.2 Å². The molecule has 2 aromatic rings. The number of pyridine rings is 1. The number of carbonyl (C=O) groups is 2. The number of hydrogen-bond acceptors (Lipinski definition) is 5. The lowest BCUT2D eigenvalue weighted by molar-refractivity contribution is -0.138. The molecule has 1 aliphatic carbocycles. The SMILES string of the molecule is CC(C)CN(CC(C)C)c1ccc(C2CC2C(=O)O)cc1NC(=O)Nc1ccc(C#N)nc1. The standard InChI is InChI=1S/C25H31N5O3/c1-15(2)13-30(14-16(3)4)23-8-5-17(20-10-21(20)24(31)32)9-22(23)29-25(33)28-19-7-6-18(11-26)27-12-19/h5-9,12,15-16,20-21H,10,13-14H2,1-4H3,(H,31,32)(H2,28,29,33). The van der Waals surface area contributed by atoms with Gasteiger partial charge in [0.25, 0.3) is 0 Å². The molecule has 0 bridgehead atoms. The molecule has 2 amide bonds. The summed E-state index contributed by atoms with van der Waals surface area (Å²) in [4.78, 5) is 30.4. The largest absolute Gasteiger partial charge is 0.481 e. The van der Waals surface area contributed by atoms with Gasteiger partial charge in [-0.3, -0.25) is 4.79 Å². The summed E-state index contributed by atoms with van der Waals surface area (Å²) in [6.07, 6.45) is 2.04. The van der Waals surface area contributed by atoms with Crippen LogP contribution < -0.4 is 15.5 Å². The van der Waals surface area contributed by atoms with Crippen LogP contribution >= 0.6 is 0 Å². The first-order chi connectivity index (χ1) is 15.7. The van der Waals surface area contributed by atoms with Crippen molar-refractivity contribution in [3.8, 4) is 6.07 Å². The molecule has 2 unspecified atom stereocenters. The minimum Gasteiger partial charge on any atom is -0.481 e. The zero-order valence-electron chi connectivity index (χ0n) is 19.5. The number of aliphatic carboxylic acids is 1. The average molecular weight is 450 g/mol. The molecule has 1 aromatic carbocycles. The zero-order valence-corrected chi connectivity index (χ0v) is 19.5. The summed E-state index contributed by atoms with van der Waals surface area (Å²) >= 11 is 0. The van der Waals surface area contributed by atoms with Crippen molar-refractivity contribution in [3.05, 3.63) is 47.8 Å². The smallest absolute Gasteiger partial charge is 0.323 e. The van der Waals surface area contributed by atoms with Crippen LogP contribution in [0, 0.1) is 29.1 Å². The van der Waals surface area contributed by atoms with Crippen LogP contribution in [-0.4, -0.2) is 35.2 Å². The number of carbonyl (C=O) groups excluding carboxylic acids is 1. The molecule has 33 heavy (non-hydrogen) atoms. The highest BCUT2D eigenvalue weighted by molar-refractivity contribution is 6.02. The van der Waals surface area contributed by atoms with Crippen LogP contribution in [0.2, 0.25) is 0 Å². The van der Waals surface area contributed by atoms with E-state index in [2.05, 4.69) is 48.2 Å². The molecule has 8 nitrogen and oxygen atoms in total. The predicted octanol–water partition coefficient (Wildman–Crippen LogP) is 4.90. The topological polar surface area (TPSA) is 118 Å². The van der Waals surface area contributed by atoms with E-state index in [9.17, 15) is 14.7 Å². The lowest BCUT2D eigenvalue weighted by Crippen LogP contribution is -2.32. The summed E-state index contributed by atoms with van der Waals surface area (Å²) in [5, 5.41) is 23.9. The Kier molecular flexibility index (Phi) is 7.54. The number of nitrogens with zero attached hydrogens (tertiary/aromatic N) is 3. The fourth-order valence-electron chi connectivity index (χ4n) is 3.97. The van der Waals surface area contributed by atoms with Gasteiger partial charge in [-0.1, -0.05) is 33.8 Å². The first-order valence-electron chi connectivity index (χ1n) is 11.2. The number of anilines is 3. The van der Waals surface area contributed by atoms with Crippen molar-refractivity contribution < 1.29 is 14.7 Å². The number of benzene rings is 1. The second-order valence-corrected chi connectivity index (χ2v) is 9.38. The van der Waals surface area contributed by atoms with Crippen molar-refractivity contribution >= 4 is 29.1 Å². The highest BCUT2D eigenvalue weighted by Gasteiger charge is 2.44. The Hall–Kier alpha value is -3.60. The molecule has 1 heterocycles. The molecule has 2 atom stereocenters. The first kappa shape index (κ1) is 24.1. The van der Waals surface area contributed by atoms with E-state index in [1.54, 1.807) is 6.07 Å². The molecule has 0 aliphatic heterocycles. The van der Waals surface area contributed by atoms with Crippen LogP contribution in [-0.2, 0) is 4.79 Å². The molecule has 1 aromatic heterocycles. The minimum atomic E-state index is -0.786. The molecule has 0 spiro atoms. The molecular formula is C25H31N5O3. The van der Waals surface area contributed by atoms with Gasteiger partial charge in [-0.2, -0.15) is 5.26 Å².